The maximum Gasteiger partial charge on any atom is 0.262 e. The minimum atomic E-state index is -1.39. The highest BCUT2D eigenvalue weighted by Crippen LogP contribution is 2.60. The van der Waals surface area contributed by atoms with Crippen molar-refractivity contribution in [3.05, 3.63) is 65.7 Å². The molecule has 0 radical (unpaired) electrons. The van der Waals surface area contributed by atoms with Gasteiger partial charge in [-0.15, -0.1) is 23.5 Å². The third kappa shape index (κ3) is 3.67. The third-order valence-electron chi connectivity index (χ3n) is 5.98. The van der Waals surface area contributed by atoms with E-state index in [9.17, 15) is 14.7 Å². The summed E-state index contributed by atoms with van der Waals surface area (Å²) in [4.78, 5) is 27.4. The molecule has 7 nitrogen and oxygen atoms in total. The van der Waals surface area contributed by atoms with Crippen LogP contribution in [-0.4, -0.2) is 70.9 Å². The van der Waals surface area contributed by atoms with Crippen molar-refractivity contribution in [2.45, 2.75) is 20.9 Å². The fraction of sp³-hybridized carbons (Fsp3) is 0.391. The number of hydrogen-bond donors (Lipinski definition) is 1. The van der Waals surface area contributed by atoms with Crippen LogP contribution in [0.4, 0.5) is 0 Å². The van der Waals surface area contributed by atoms with Crippen molar-refractivity contribution < 1.29 is 24.2 Å². The van der Waals surface area contributed by atoms with Crippen molar-refractivity contribution >= 4 is 35.3 Å². The van der Waals surface area contributed by atoms with E-state index in [1.807, 2.05) is 54.6 Å². The first-order valence-electron chi connectivity index (χ1n) is 10.2. The van der Waals surface area contributed by atoms with Crippen LogP contribution in [0.1, 0.15) is 15.7 Å². The Labute approximate surface area is 196 Å². The van der Waals surface area contributed by atoms with E-state index in [-0.39, 0.29) is 23.0 Å². The number of hydrogen-bond acceptors (Lipinski definition) is 7. The van der Waals surface area contributed by atoms with Crippen LogP contribution in [0.3, 0.4) is 0 Å². The summed E-state index contributed by atoms with van der Waals surface area (Å²) < 4.78 is 11.0. The zero-order valence-electron chi connectivity index (χ0n) is 18.2. The number of benzene rings is 2. The van der Waals surface area contributed by atoms with E-state index in [2.05, 4.69) is 0 Å². The largest absolute Gasteiger partial charge is 0.497 e. The molecule has 3 aliphatic rings. The number of aliphatic hydroxyl groups excluding tert-OH is 1. The molecule has 2 aromatic carbocycles. The summed E-state index contributed by atoms with van der Waals surface area (Å²) >= 11 is 2.67. The normalized spacial score (nSPS) is 27.6. The van der Waals surface area contributed by atoms with Crippen LogP contribution in [0.2, 0.25) is 0 Å². The maximum atomic E-state index is 13.7. The molecule has 170 valence electrons. The highest BCUT2D eigenvalue weighted by molar-refractivity contribution is 8.18. The Morgan fingerprint density at radius 1 is 0.938 bits per heavy atom. The van der Waals surface area contributed by atoms with Gasteiger partial charge in [0.2, 0.25) is 0 Å². The van der Waals surface area contributed by atoms with Gasteiger partial charge >= 0.3 is 0 Å². The Morgan fingerprint density at radius 2 is 1.53 bits per heavy atom. The molecule has 5 rings (SSSR count). The number of ether oxygens (including phenoxy) is 2. The van der Waals surface area contributed by atoms with Crippen molar-refractivity contribution in [3.63, 3.8) is 0 Å². The number of carbonyl (C=O) groups excluding carboxylic acids is 2. The average Bonchev–Trinajstić information content (AvgIpc) is 2.99. The van der Waals surface area contributed by atoms with Crippen molar-refractivity contribution in [1.82, 2.24) is 9.80 Å². The molecular weight excluding hydrogens is 448 g/mol. The minimum absolute atomic E-state index is 0.0344. The van der Waals surface area contributed by atoms with Crippen LogP contribution in [0.15, 0.2) is 54.6 Å². The molecule has 2 amide bonds. The molecular formula is C23H26N2O5S2. The van der Waals surface area contributed by atoms with Gasteiger partial charge in [-0.2, -0.15) is 0 Å². The van der Waals surface area contributed by atoms with Gasteiger partial charge in [-0.1, -0.05) is 42.5 Å². The lowest BCUT2D eigenvalue weighted by atomic mass is 10.1. The second-order valence-electron chi connectivity index (χ2n) is 7.77. The molecule has 0 aromatic heterocycles. The fourth-order valence-electron chi connectivity index (χ4n) is 3.96. The number of aliphatic hydroxyl groups is 1. The van der Waals surface area contributed by atoms with Crippen molar-refractivity contribution in [3.8, 4) is 5.75 Å². The zero-order valence-corrected chi connectivity index (χ0v) is 19.8. The lowest BCUT2D eigenvalue weighted by molar-refractivity contribution is -0.168. The number of likely N-dealkylation sites (N-methyl/N-ethyl adjacent to an activating group) is 2. The first-order chi connectivity index (χ1) is 15.4. The van der Waals surface area contributed by atoms with Gasteiger partial charge in [0.15, 0.2) is 9.74 Å². The van der Waals surface area contributed by atoms with E-state index in [1.165, 1.54) is 33.3 Å². The minimum Gasteiger partial charge on any atom is -0.497 e. The number of rotatable bonds is 7. The second-order valence-corrected chi connectivity index (χ2v) is 10.8. The SMILES string of the molecule is COc1ccc(C2S[C@@]3(CO)C(=O)N(C)[C@@](COCc4ccccc4)(S2)C(=O)N3C)cc1. The zero-order chi connectivity index (χ0) is 22.9. The summed E-state index contributed by atoms with van der Waals surface area (Å²) in [5.74, 6) is 0.161. The Balaban J connectivity index is 1.70. The van der Waals surface area contributed by atoms with Crippen LogP contribution in [-0.2, 0) is 20.9 Å². The van der Waals surface area contributed by atoms with E-state index in [0.717, 1.165) is 16.9 Å². The van der Waals surface area contributed by atoms with E-state index >= 15 is 0 Å². The first kappa shape index (κ1) is 23.0. The lowest BCUT2D eigenvalue weighted by Crippen LogP contribution is -2.73. The Kier molecular flexibility index (Phi) is 6.44. The molecule has 3 atom stereocenters. The van der Waals surface area contributed by atoms with Crippen molar-refractivity contribution in [1.29, 1.82) is 0 Å². The molecule has 32 heavy (non-hydrogen) atoms. The molecule has 0 spiro atoms. The molecule has 0 saturated carbocycles. The number of piperazine rings is 1. The van der Waals surface area contributed by atoms with Crippen LogP contribution >= 0.6 is 23.5 Å². The number of thioether (sulfide) groups is 2. The predicted molar refractivity (Wildman–Crippen MR) is 125 cm³/mol. The predicted octanol–water partition coefficient (Wildman–Crippen LogP) is 2.71. The van der Waals surface area contributed by atoms with E-state index in [0.29, 0.717) is 6.61 Å². The molecule has 3 fully saturated rings. The lowest BCUT2D eigenvalue weighted by Gasteiger charge is -2.50. The molecule has 1 unspecified atom stereocenters. The Morgan fingerprint density at radius 3 is 2.16 bits per heavy atom. The highest BCUT2D eigenvalue weighted by Gasteiger charge is 2.66. The van der Waals surface area contributed by atoms with Gasteiger partial charge in [0.05, 0.1) is 31.5 Å². The van der Waals surface area contributed by atoms with Crippen LogP contribution < -0.4 is 4.74 Å². The molecule has 3 saturated heterocycles. The molecule has 2 bridgehead atoms. The van der Waals surface area contributed by atoms with Crippen molar-refractivity contribution in [2.75, 3.05) is 34.4 Å². The molecule has 1 N–H and O–H groups in total. The first-order valence-corrected chi connectivity index (χ1v) is 11.9. The quantitative estimate of drug-likeness (QED) is 0.661. The summed E-state index contributed by atoms with van der Waals surface area (Å²) in [5, 5.41) is 10.3. The van der Waals surface area contributed by atoms with Gasteiger partial charge in [-0.05, 0) is 23.3 Å². The molecule has 0 aliphatic carbocycles. The summed E-state index contributed by atoms with van der Waals surface area (Å²) in [5.41, 5.74) is 1.91. The van der Waals surface area contributed by atoms with Crippen molar-refractivity contribution in [2.24, 2.45) is 0 Å². The number of carbonyl (C=O) groups is 2. The number of methoxy groups -OCH3 is 1. The van der Waals surface area contributed by atoms with Gasteiger partial charge in [0, 0.05) is 14.1 Å². The topological polar surface area (TPSA) is 79.3 Å². The summed E-state index contributed by atoms with van der Waals surface area (Å²) in [6, 6.07) is 17.2. The highest BCUT2D eigenvalue weighted by atomic mass is 32.2. The van der Waals surface area contributed by atoms with E-state index < -0.39 is 16.3 Å². The monoisotopic (exact) mass is 474 g/mol. The molecule has 3 heterocycles. The molecule has 3 aliphatic heterocycles. The van der Waals surface area contributed by atoms with Gasteiger partial charge in [0.1, 0.15) is 5.75 Å². The maximum absolute atomic E-state index is 13.7. The molecule has 9 heteroatoms. The number of fused-ring (bicyclic) bond motifs is 4. The molecule has 2 aromatic rings. The van der Waals surface area contributed by atoms with Gasteiger partial charge in [-0.25, -0.2) is 0 Å². The van der Waals surface area contributed by atoms with Gasteiger partial charge < -0.3 is 24.4 Å². The fourth-order valence-corrected chi connectivity index (χ4v) is 7.58. The number of nitrogens with zero attached hydrogens (tertiary/aromatic N) is 2. The van der Waals surface area contributed by atoms with Crippen LogP contribution in [0.25, 0.3) is 0 Å². The second kappa shape index (κ2) is 8.97. The van der Waals surface area contributed by atoms with Crippen LogP contribution in [0, 0.1) is 0 Å². The standard InChI is InChI=1S/C23H26N2O5S2/c1-24-21(28)23(15-30-13-16-7-5-4-6-8-16)25(2)20(27)22(24,14-26)31-19(32-23)17-9-11-18(29-3)12-10-17/h4-12,19,26H,13-15H2,1-3H3/t19?,22-,23-/m0/s1. The smallest absolute Gasteiger partial charge is 0.262 e. The van der Waals surface area contributed by atoms with Gasteiger partial charge in [-0.3, -0.25) is 9.59 Å². The Bertz CT molecular complexity index is 990. The number of amides is 2. The summed E-state index contributed by atoms with van der Waals surface area (Å²) in [6.45, 7) is -0.113. The van der Waals surface area contributed by atoms with Gasteiger partial charge in [0.25, 0.3) is 11.8 Å². The van der Waals surface area contributed by atoms with Crippen LogP contribution in [0.5, 0.6) is 5.75 Å². The van der Waals surface area contributed by atoms with E-state index in [4.69, 9.17) is 9.47 Å². The summed E-state index contributed by atoms with van der Waals surface area (Å²) in [7, 11) is 4.80. The summed E-state index contributed by atoms with van der Waals surface area (Å²) in [6.07, 6.45) is 0. The average molecular weight is 475 g/mol. The van der Waals surface area contributed by atoms with E-state index in [1.54, 1.807) is 21.2 Å². The Hall–Kier alpha value is -2.20. The third-order valence-corrected chi connectivity index (χ3v) is 9.45.